The standard InChI is InChI=1S/C41H61N5O10S/c1-7-27-23-41(27,44-33(47)31-24-40(25-39(40,5)6)26-46(31)37(52)56-38(2,3)4)35(50)45-57(53,54)32-21-15-14-19-29(32)42-22-16-10-8-9-11-20-30(34(48)49)43-36(51)55-28-17-12-13-18-28/h7,14-15,19,21,27-28,30-31,42H,1,8-13,16-18,20,22-26H2,2-6H3,(H,43,51)(H,44,47)(H,45,50)(H,48,49)/t27-,30+,31?,40+,41-/m1/s1. The van der Waals surface area contributed by atoms with Crippen LogP contribution in [0.4, 0.5) is 15.3 Å². The molecule has 0 aromatic heterocycles. The zero-order valence-electron chi connectivity index (χ0n) is 34.0. The number of ether oxygens (including phenoxy) is 2. The Morgan fingerprint density at radius 1 is 1.02 bits per heavy atom. The number of benzene rings is 1. The summed E-state index contributed by atoms with van der Waals surface area (Å²) >= 11 is 0. The number of likely N-dealkylation sites (tertiary alicyclic amines) is 1. The highest BCUT2D eigenvalue weighted by Crippen LogP contribution is 2.69. The average Bonchev–Trinajstić information content (AvgIpc) is 3.71. The summed E-state index contributed by atoms with van der Waals surface area (Å²) in [5.74, 6) is -3.05. The molecule has 4 amide bonds. The lowest BCUT2D eigenvalue weighted by Crippen LogP contribution is -2.56. The zero-order chi connectivity index (χ0) is 41.8. The molecule has 1 heterocycles. The van der Waals surface area contributed by atoms with Crippen molar-refractivity contribution in [1.82, 2.24) is 20.3 Å². The van der Waals surface area contributed by atoms with Crippen molar-refractivity contribution in [3.8, 4) is 0 Å². The van der Waals surface area contributed by atoms with Gasteiger partial charge in [0.1, 0.15) is 34.2 Å². The first kappa shape index (κ1) is 43.8. The topological polar surface area (TPSA) is 210 Å². The molecule has 1 spiro atoms. The van der Waals surface area contributed by atoms with Gasteiger partial charge in [0.25, 0.3) is 15.9 Å². The van der Waals surface area contributed by atoms with Crippen LogP contribution in [0.5, 0.6) is 0 Å². The third-order valence-corrected chi connectivity index (χ3v) is 13.4. The van der Waals surface area contributed by atoms with Gasteiger partial charge in [-0.15, -0.1) is 6.58 Å². The minimum atomic E-state index is -4.39. The zero-order valence-corrected chi connectivity index (χ0v) is 34.8. The molecular weight excluding hydrogens is 755 g/mol. The molecule has 3 saturated carbocycles. The molecule has 3 aliphatic carbocycles. The number of hydrogen-bond donors (Lipinski definition) is 5. The number of para-hydroxylation sites is 1. The van der Waals surface area contributed by atoms with E-state index in [9.17, 15) is 37.5 Å². The molecule has 4 aliphatic rings. The molecule has 5 N–H and O–H groups in total. The normalized spacial score (nSPS) is 25.6. The second-order valence-electron chi connectivity index (χ2n) is 17.9. The van der Waals surface area contributed by atoms with Gasteiger partial charge in [-0.25, -0.2) is 27.5 Å². The van der Waals surface area contributed by atoms with E-state index in [-0.39, 0.29) is 34.7 Å². The number of unbranched alkanes of at least 4 members (excludes halogenated alkanes) is 4. The molecule has 1 aromatic carbocycles. The van der Waals surface area contributed by atoms with Crippen molar-refractivity contribution in [3.63, 3.8) is 0 Å². The molecule has 0 bridgehead atoms. The Labute approximate surface area is 336 Å². The average molecular weight is 816 g/mol. The predicted octanol–water partition coefficient (Wildman–Crippen LogP) is 5.85. The Morgan fingerprint density at radius 3 is 2.28 bits per heavy atom. The van der Waals surface area contributed by atoms with Crippen molar-refractivity contribution in [2.75, 3.05) is 18.4 Å². The molecule has 0 radical (unpaired) electrons. The smallest absolute Gasteiger partial charge is 0.410 e. The van der Waals surface area contributed by atoms with Crippen molar-refractivity contribution in [1.29, 1.82) is 0 Å². The van der Waals surface area contributed by atoms with Crippen molar-refractivity contribution in [2.24, 2.45) is 16.7 Å². The van der Waals surface area contributed by atoms with Crippen LogP contribution in [-0.4, -0.2) is 90.8 Å². The summed E-state index contributed by atoms with van der Waals surface area (Å²) in [6.07, 6.45) is 9.01. The van der Waals surface area contributed by atoms with Crippen LogP contribution in [0.3, 0.4) is 0 Å². The largest absolute Gasteiger partial charge is 0.480 e. The first-order chi connectivity index (χ1) is 26.7. The van der Waals surface area contributed by atoms with Gasteiger partial charge in [-0.3, -0.25) is 14.5 Å². The van der Waals surface area contributed by atoms with Gasteiger partial charge in [0.2, 0.25) is 5.91 Å². The quantitative estimate of drug-likeness (QED) is 0.0877. The van der Waals surface area contributed by atoms with Gasteiger partial charge in [0.05, 0.1) is 5.69 Å². The van der Waals surface area contributed by atoms with E-state index >= 15 is 0 Å². The van der Waals surface area contributed by atoms with Gasteiger partial charge in [-0.1, -0.05) is 57.7 Å². The highest BCUT2D eigenvalue weighted by atomic mass is 32.2. The van der Waals surface area contributed by atoms with Crippen molar-refractivity contribution < 1.29 is 47.0 Å². The van der Waals surface area contributed by atoms with Gasteiger partial charge >= 0.3 is 18.2 Å². The summed E-state index contributed by atoms with van der Waals surface area (Å²) in [7, 11) is -4.39. The molecule has 1 aromatic rings. The molecule has 4 fully saturated rings. The molecule has 5 rings (SSSR count). The van der Waals surface area contributed by atoms with Crippen LogP contribution < -0.4 is 20.7 Å². The van der Waals surface area contributed by atoms with Gasteiger partial charge in [0, 0.05) is 19.0 Å². The molecular formula is C41H61N5O10S. The number of amides is 4. The molecule has 1 saturated heterocycles. The number of anilines is 1. The third kappa shape index (κ3) is 10.6. The maximum Gasteiger partial charge on any atom is 0.410 e. The predicted molar refractivity (Wildman–Crippen MR) is 213 cm³/mol. The summed E-state index contributed by atoms with van der Waals surface area (Å²) in [4.78, 5) is 66.2. The molecule has 1 unspecified atom stereocenters. The highest BCUT2D eigenvalue weighted by Gasteiger charge is 2.68. The van der Waals surface area contributed by atoms with Crippen molar-refractivity contribution >= 4 is 45.7 Å². The van der Waals surface area contributed by atoms with E-state index in [2.05, 4.69) is 41.1 Å². The van der Waals surface area contributed by atoms with Gasteiger partial charge in [-0.05, 0) is 102 Å². The van der Waals surface area contributed by atoms with E-state index in [1.54, 1.807) is 39.0 Å². The Balaban J connectivity index is 1.12. The third-order valence-electron chi connectivity index (χ3n) is 12.1. The van der Waals surface area contributed by atoms with Crippen LogP contribution in [0.25, 0.3) is 0 Å². The summed E-state index contributed by atoms with van der Waals surface area (Å²) < 4.78 is 40.6. The lowest BCUT2D eigenvalue weighted by molar-refractivity contribution is -0.139. The molecule has 5 atom stereocenters. The van der Waals surface area contributed by atoms with E-state index in [0.29, 0.717) is 38.0 Å². The minimum Gasteiger partial charge on any atom is -0.480 e. The Bertz CT molecular complexity index is 1810. The fraction of sp³-hybridized carbons (Fsp3) is 0.683. The van der Waals surface area contributed by atoms with E-state index in [0.717, 1.165) is 51.4 Å². The summed E-state index contributed by atoms with van der Waals surface area (Å²) in [5, 5.41) is 18.0. The fourth-order valence-corrected chi connectivity index (χ4v) is 9.64. The molecule has 15 nitrogen and oxygen atoms in total. The Morgan fingerprint density at radius 2 is 1.67 bits per heavy atom. The van der Waals surface area contributed by atoms with E-state index in [1.807, 2.05) is 0 Å². The molecule has 1 aliphatic heterocycles. The van der Waals surface area contributed by atoms with E-state index < -0.39 is 69.1 Å². The number of sulfonamides is 1. The number of aliphatic carboxylic acids is 1. The number of alkyl carbamates (subject to hydrolysis) is 1. The molecule has 16 heteroatoms. The summed E-state index contributed by atoms with van der Waals surface area (Å²) in [6, 6.07) is 4.33. The summed E-state index contributed by atoms with van der Waals surface area (Å²) in [5.41, 5.74) is -2.35. The lowest BCUT2D eigenvalue weighted by Gasteiger charge is -2.29. The molecule has 316 valence electrons. The summed E-state index contributed by atoms with van der Waals surface area (Å²) in [6.45, 7) is 14.0. The van der Waals surface area contributed by atoms with Gasteiger partial charge < -0.3 is 30.5 Å². The van der Waals surface area contributed by atoms with Crippen LogP contribution in [0.15, 0.2) is 41.8 Å². The van der Waals surface area contributed by atoms with Gasteiger partial charge in [-0.2, -0.15) is 0 Å². The first-order valence-corrected chi connectivity index (χ1v) is 21.8. The number of hydrogen-bond acceptors (Lipinski definition) is 10. The second-order valence-corrected chi connectivity index (χ2v) is 19.6. The minimum absolute atomic E-state index is 0.0746. The number of nitrogens with one attached hydrogen (secondary N) is 4. The monoisotopic (exact) mass is 815 g/mol. The number of nitrogens with zero attached hydrogens (tertiary/aromatic N) is 1. The number of carbonyl (C=O) groups excluding carboxylic acids is 4. The second kappa shape index (κ2) is 17.3. The SMILES string of the molecule is C=C[C@@H]1C[C@]1(NC(=O)C1C[C@@]2(CN1C(=O)OC(C)(C)C)CC2(C)C)C(=O)NS(=O)(=O)c1ccccc1NCCCCCCC[C@H](NC(=O)OC1CCCC1)C(=O)O. The van der Waals surface area contributed by atoms with Gasteiger partial charge in [0.15, 0.2) is 0 Å². The van der Waals surface area contributed by atoms with Crippen molar-refractivity contribution in [3.05, 3.63) is 36.9 Å². The number of carbonyl (C=O) groups is 5. The first-order valence-electron chi connectivity index (χ1n) is 20.3. The van der Waals surface area contributed by atoms with Crippen molar-refractivity contribution in [2.45, 2.75) is 152 Å². The van der Waals surface area contributed by atoms with Crippen LogP contribution in [0.1, 0.15) is 118 Å². The molecule has 57 heavy (non-hydrogen) atoms. The van der Waals surface area contributed by atoms with E-state index in [4.69, 9.17) is 9.47 Å². The Hall–Kier alpha value is -4.34. The number of carboxylic acids is 1. The maximum atomic E-state index is 14.0. The highest BCUT2D eigenvalue weighted by molar-refractivity contribution is 7.90. The van der Waals surface area contributed by atoms with Crippen LogP contribution in [0, 0.1) is 16.7 Å². The number of rotatable bonds is 18. The lowest BCUT2D eigenvalue weighted by atomic mass is 9.93. The maximum absolute atomic E-state index is 14.0. The fourth-order valence-electron chi connectivity index (χ4n) is 8.42. The van der Waals surface area contributed by atoms with E-state index in [1.165, 1.54) is 17.0 Å². The number of carboxylic acid groups (broad SMARTS) is 1. The van der Waals surface area contributed by atoms with Crippen LogP contribution in [-0.2, 0) is 33.9 Å². The Kier molecular flexibility index (Phi) is 13.3. The van der Waals surface area contributed by atoms with Crippen LogP contribution in [0.2, 0.25) is 0 Å². The van der Waals surface area contributed by atoms with Crippen LogP contribution >= 0.6 is 0 Å².